The molecule has 4 rings (SSSR count). The summed E-state index contributed by atoms with van der Waals surface area (Å²) in [5.41, 5.74) is -1.09. The first-order valence-electron chi connectivity index (χ1n) is 7.99. The van der Waals surface area contributed by atoms with Crippen molar-refractivity contribution in [2.45, 2.75) is 35.7 Å². The Morgan fingerprint density at radius 3 is 2.68 bits per heavy atom. The number of β-amino-alcohol motifs (C(OH)–C–C–N with tert-alkyl or cyclic N) is 1. The molecule has 25 heavy (non-hydrogen) atoms. The highest BCUT2D eigenvalue weighted by atomic mass is 32.2. The lowest BCUT2D eigenvalue weighted by Crippen LogP contribution is -2.34. The van der Waals surface area contributed by atoms with Gasteiger partial charge in [0.1, 0.15) is 0 Å². The first kappa shape index (κ1) is 16.2. The molecule has 0 unspecified atom stereocenters. The molecule has 1 aromatic heterocycles. The van der Waals surface area contributed by atoms with Crippen LogP contribution >= 0.6 is 0 Å². The first-order chi connectivity index (χ1) is 11.9. The molecule has 2 heterocycles. The predicted molar refractivity (Wildman–Crippen MR) is 84.7 cm³/mol. The Bertz CT molecular complexity index is 943. The van der Waals surface area contributed by atoms with Gasteiger partial charge in [-0.25, -0.2) is 8.42 Å². The van der Waals surface area contributed by atoms with Crippen LogP contribution in [0.1, 0.15) is 42.5 Å². The molecule has 1 aliphatic heterocycles. The average Bonchev–Trinajstić information content (AvgIpc) is 3.18. The lowest BCUT2D eigenvalue weighted by Gasteiger charge is -2.19. The number of rotatable bonds is 4. The number of nitriles is 1. The minimum Gasteiger partial charge on any atom is -0.379 e. The second kappa shape index (κ2) is 5.62. The summed E-state index contributed by atoms with van der Waals surface area (Å²) in [7, 11) is -3.77. The number of benzene rings is 1. The summed E-state index contributed by atoms with van der Waals surface area (Å²) in [6.45, 7) is 0.0155. The third-order valence-corrected chi connectivity index (χ3v) is 6.48. The van der Waals surface area contributed by atoms with E-state index in [0.717, 1.165) is 12.8 Å². The third kappa shape index (κ3) is 2.82. The van der Waals surface area contributed by atoms with E-state index < -0.39 is 15.6 Å². The Morgan fingerprint density at radius 1 is 1.32 bits per heavy atom. The lowest BCUT2D eigenvalue weighted by atomic mass is 10.0. The summed E-state index contributed by atoms with van der Waals surface area (Å²) in [6.07, 6.45) is 2.21. The van der Waals surface area contributed by atoms with Gasteiger partial charge in [0.25, 0.3) is 5.89 Å². The third-order valence-electron chi connectivity index (χ3n) is 4.62. The fourth-order valence-electron chi connectivity index (χ4n) is 2.92. The van der Waals surface area contributed by atoms with Gasteiger partial charge >= 0.3 is 0 Å². The summed E-state index contributed by atoms with van der Waals surface area (Å²) < 4.78 is 31.9. The molecule has 1 aliphatic carbocycles. The van der Waals surface area contributed by atoms with Crippen LogP contribution in [0.5, 0.6) is 0 Å². The maximum absolute atomic E-state index is 12.7. The van der Waals surface area contributed by atoms with Gasteiger partial charge in [-0.3, -0.25) is 0 Å². The van der Waals surface area contributed by atoms with Crippen molar-refractivity contribution < 1.29 is 18.0 Å². The molecule has 0 bridgehead atoms. The summed E-state index contributed by atoms with van der Waals surface area (Å²) in [4.78, 5) is 4.34. The first-order valence-corrected chi connectivity index (χ1v) is 9.43. The molecular formula is C16H16N4O4S. The molecule has 8 nitrogen and oxygen atoms in total. The second-order valence-corrected chi connectivity index (χ2v) is 8.43. The van der Waals surface area contributed by atoms with Crippen molar-refractivity contribution in [1.82, 2.24) is 14.4 Å². The molecule has 9 heteroatoms. The highest BCUT2D eigenvalue weighted by Crippen LogP contribution is 2.40. The van der Waals surface area contributed by atoms with Crippen LogP contribution in [-0.4, -0.2) is 41.1 Å². The van der Waals surface area contributed by atoms with Crippen LogP contribution in [0.25, 0.3) is 0 Å². The minimum atomic E-state index is -3.77. The van der Waals surface area contributed by atoms with Crippen LogP contribution in [0.15, 0.2) is 33.7 Å². The largest absolute Gasteiger partial charge is 0.379 e. The van der Waals surface area contributed by atoms with Gasteiger partial charge in [0.2, 0.25) is 10.0 Å². The maximum Gasteiger partial charge on any atom is 0.260 e. The van der Waals surface area contributed by atoms with Crippen LogP contribution in [-0.2, 0) is 15.6 Å². The van der Waals surface area contributed by atoms with Crippen LogP contribution in [0.2, 0.25) is 0 Å². The lowest BCUT2D eigenvalue weighted by molar-refractivity contribution is 0.0194. The maximum atomic E-state index is 12.7. The summed E-state index contributed by atoms with van der Waals surface area (Å²) in [5, 5.41) is 23.5. The Hall–Kier alpha value is -2.28. The molecule has 0 spiro atoms. The van der Waals surface area contributed by atoms with Gasteiger partial charge in [-0.1, -0.05) is 5.16 Å². The summed E-state index contributed by atoms with van der Waals surface area (Å²) >= 11 is 0. The Labute approximate surface area is 144 Å². The van der Waals surface area contributed by atoms with E-state index in [1.165, 1.54) is 28.6 Å². The smallest absolute Gasteiger partial charge is 0.260 e. The predicted octanol–water partition coefficient (Wildman–Crippen LogP) is 1.10. The summed E-state index contributed by atoms with van der Waals surface area (Å²) in [5.74, 6) is 0.949. The highest BCUT2D eigenvalue weighted by molar-refractivity contribution is 7.89. The van der Waals surface area contributed by atoms with E-state index >= 15 is 0 Å². The van der Waals surface area contributed by atoms with Gasteiger partial charge in [0, 0.05) is 18.9 Å². The SMILES string of the molecule is N#Cc1ccc(S(=O)(=O)N2CC[C@](O)(c3nc(C4CC4)no3)C2)cc1. The molecule has 0 radical (unpaired) electrons. The van der Waals surface area contributed by atoms with Gasteiger partial charge in [0.15, 0.2) is 11.4 Å². The topological polar surface area (TPSA) is 120 Å². The van der Waals surface area contributed by atoms with Crippen molar-refractivity contribution in [3.63, 3.8) is 0 Å². The molecule has 2 aromatic rings. The Kier molecular flexibility index (Phi) is 3.64. The van der Waals surface area contributed by atoms with E-state index in [4.69, 9.17) is 9.78 Å². The monoisotopic (exact) mass is 360 g/mol. The molecule has 1 N–H and O–H groups in total. The zero-order chi connectivity index (χ0) is 17.7. The fourth-order valence-corrected chi connectivity index (χ4v) is 4.41. The minimum absolute atomic E-state index is 0.0759. The van der Waals surface area contributed by atoms with Crippen molar-refractivity contribution in [1.29, 1.82) is 5.26 Å². The molecule has 1 atom stereocenters. The number of hydrogen-bond acceptors (Lipinski definition) is 7. The van der Waals surface area contributed by atoms with Crippen molar-refractivity contribution in [3.05, 3.63) is 41.5 Å². The molecule has 2 fully saturated rings. The number of sulfonamides is 1. The standard InChI is InChI=1S/C16H16N4O4S/c17-9-11-1-5-13(6-2-11)25(22,23)20-8-7-16(21,10-20)15-18-14(19-24-15)12-3-4-12/h1-2,5-6,12,21H,3-4,7-8,10H2/t16-/m1/s1. The van der Waals surface area contributed by atoms with E-state index in [9.17, 15) is 13.5 Å². The molecule has 1 saturated heterocycles. The van der Waals surface area contributed by atoms with Crippen LogP contribution in [0.4, 0.5) is 0 Å². The quantitative estimate of drug-likeness (QED) is 0.866. The van der Waals surface area contributed by atoms with E-state index in [2.05, 4.69) is 10.1 Å². The number of aromatic nitrogens is 2. The Morgan fingerprint density at radius 2 is 2.04 bits per heavy atom. The van der Waals surface area contributed by atoms with Crippen molar-refractivity contribution in [2.24, 2.45) is 0 Å². The summed E-state index contributed by atoms with van der Waals surface area (Å²) in [6, 6.07) is 7.64. The van der Waals surface area contributed by atoms with Gasteiger partial charge < -0.3 is 9.63 Å². The van der Waals surface area contributed by atoms with Crippen molar-refractivity contribution in [3.8, 4) is 6.07 Å². The highest BCUT2D eigenvalue weighted by Gasteiger charge is 2.47. The number of aliphatic hydroxyl groups is 1. The molecule has 0 amide bonds. The zero-order valence-electron chi connectivity index (χ0n) is 13.3. The van der Waals surface area contributed by atoms with Gasteiger partial charge in [-0.2, -0.15) is 14.6 Å². The van der Waals surface area contributed by atoms with Crippen molar-refractivity contribution in [2.75, 3.05) is 13.1 Å². The van der Waals surface area contributed by atoms with Crippen molar-refractivity contribution >= 4 is 10.0 Å². The molecule has 1 aromatic carbocycles. The number of nitrogens with zero attached hydrogens (tertiary/aromatic N) is 4. The van der Waals surface area contributed by atoms with Crippen LogP contribution in [0, 0.1) is 11.3 Å². The fraction of sp³-hybridized carbons (Fsp3) is 0.438. The second-order valence-electron chi connectivity index (χ2n) is 6.49. The van der Waals surface area contributed by atoms with E-state index in [0.29, 0.717) is 17.3 Å². The van der Waals surface area contributed by atoms with E-state index in [-0.39, 0.29) is 30.3 Å². The molecule has 130 valence electrons. The van der Waals surface area contributed by atoms with Gasteiger partial charge in [-0.15, -0.1) is 0 Å². The molecule has 1 saturated carbocycles. The van der Waals surface area contributed by atoms with Gasteiger partial charge in [-0.05, 0) is 37.1 Å². The molecular weight excluding hydrogens is 344 g/mol. The van der Waals surface area contributed by atoms with Crippen LogP contribution < -0.4 is 0 Å². The Balaban J connectivity index is 1.56. The van der Waals surface area contributed by atoms with Gasteiger partial charge in [0.05, 0.1) is 23.1 Å². The van der Waals surface area contributed by atoms with Crippen LogP contribution in [0.3, 0.4) is 0 Å². The number of hydrogen-bond donors (Lipinski definition) is 1. The van der Waals surface area contributed by atoms with E-state index in [1.807, 2.05) is 6.07 Å². The normalized spacial score (nSPS) is 24.3. The zero-order valence-corrected chi connectivity index (χ0v) is 14.1. The van der Waals surface area contributed by atoms with E-state index in [1.54, 1.807) is 0 Å². The average molecular weight is 360 g/mol. The molecule has 2 aliphatic rings.